The number of unbranched alkanes of at least 4 members (excludes halogenated alkanes) is 1. The number of nitrogens with one attached hydrogen (secondary N) is 2. The van der Waals surface area contributed by atoms with Crippen LogP contribution in [0, 0.1) is 0 Å². The Kier molecular flexibility index (Phi) is 10.2. The quantitative estimate of drug-likeness (QED) is 0.473. The summed E-state index contributed by atoms with van der Waals surface area (Å²) in [5.41, 5.74) is 0. The van der Waals surface area contributed by atoms with Gasteiger partial charge in [-0.25, -0.2) is 13.1 Å². The Morgan fingerprint density at radius 3 is 2.69 bits per heavy atom. The molecule has 1 saturated heterocycles. The van der Waals surface area contributed by atoms with Crippen molar-refractivity contribution in [2.24, 2.45) is 0 Å². The van der Waals surface area contributed by atoms with Gasteiger partial charge in [-0.15, -0.1) is 0 Å². The third-order valence-electron chi connectivity index (χ3n) is 4.47. The number of morpholine rings is 1. The molecule has 1 aliphatic heterocycles. The average molecular weight is 448 g/mol. The van der Waals surface area contributed by atoms with E-state index >= 15 is 0 Å². The van der Waals surface area contributed by atoms with Gasteiger partial charge in [-0.2, -0.15) is 0 Å². The van der Waals surface area contributed by atoms with Gasteiger partial charge >= 0.3 is 0 Å². The van der Waals surface area contributed by atoms with Gasteiger partial charge in [0.2, 0.25) is 10.0 Å². The van der Waals surface area contributed by atoms with E-state index in [2.05, 4.69) is 14.9 Å². The lowest BCUT2D eigenvalue weighted by atomic mass is 10.3. The number of carbonyl (C=O) groups is 1. The molecule has 0 radical (unpaired) electrons. The smallest absolute Gasteiger partial charge is 0.257 e. The summed E-state index contributed by atoms with van der Waals surface area (Å²) in [4.78, 5) is 14.3. The predicted octanol–water partition coefficient (Wildman–Crippen LogP) is 1.64. The monoisotopic (exact) mass is 447 g/mol. The van der Waals surface area contributed by atoms with Gasteiger partial charge in [-0.1, -0.05) is 24.9 Å². The lowest BCUT2D eigenvalue weighted by Gasteiger charge is -2.26. The zero-order valence-electron chi connectivity index (χ0n) is 16.8. The molecule has 0 aliphatic carbocycles. The lowest BCUT2D eigenvalue weighted by molar-refractivity contribution is -0.123. The first-order valence-corrected chi connectivity index (χ1v) is 11.8. The van der Waals surface area contributed by atoms with E-state index in [0.717, 1.165) is 52.1 Å². The van der Waals surface area contributed by atoms with Crippen molar-refractivity contribution >= 4 is 27.5 Å². The molecule has 8 nitrogen and oxygen atoms in total. The van der Waals surface area contributed by atoms with Crippen LogP contribution in [0.5, 0.6) is 5.75 Å². The van der Waals surface area contributed by atoms with Gasteiger partial charge in [0, 0.05) is 26.2 Å². The number of hydrogen-bond acceptors (Lipinski definition) is 6. The second-order valence-corrected chi connectivity index (χ2v) is 8.96. The van der Waals surface area contributed by atoms with E-state index in [-0.39, 0.29) is 28.2 Å². The van der Waals surface area contributed by atoms with E-state index < -0.39 is 10.0 Å². The van der Waals surface area contributed by atoms with Crippen LogP contribution in [-0.4, -0.2) is 71.8 Å². The number of amides is 1. The maximum atomic E-state index is 12.2. The minimum Gasteiger partial charge on any atom is -0.482 e. The molecule has 2 rings (SSSR count). The zero-order chi connectivity index (χ0) is 21.1. The van der Waals surface area contributed by atoms with Crippen molar-refractivity contribution in [1.29, 1.82) is 0 Å². The molecule has 1 aliphatic rings. The molecule has 0 saturated carbocycles. The van der Waals surface area contributed by atoms with Crippen LogP contribution in [0.1, 0.15) is 26.2 Å². The van der Waals surface area contributed by atoms with Crippen LogP contribution >= 0.6 is 11.6 Å². The van der Waals surface area contributed by atoms with Crippen molar-refractivity contribution in [2.75, 3.05) is 52.5 Å². The van der Waals surface area contributed by atoms with Gasteiger partial charge in [-0.3, -0.25) is 9.69 Å². The lowest BCUT2D eigenvalue weighted by Crippen LogP contribution is -2.38. The fraction of sp³-hybridized carbons (Fsp3) is 0.632. The maximum Gasteiger partial charge on any atom is 0.257 e. The van der Waals surface area contributed by atoms with E-state index in [0.29, 0.717) is 13.1 Å². The van der Waals surface area contributed by atoms with Crippen molar-refractivity contribution in [3.8, 4) is 5.75 Å². The summed E-state index contributed by atoms with van der Waals surface area (Å²) in [5, 5.41) is 2.95. The number of sulfonamides is 1. The number of rotatable bonds is 12. The van der Waals surface area contributed by atoms with Crippen LogP contribution in [0.3, 0.4) is 0 Å². The minimum absolute atomic E-state index is 0.0681. The standard InChI is InChI=1S/C19H30ClN3O5S/c1-2-3-8-22-29(25,26)16-5-6-18(17(20)14-16)28-15-19(24)21-7-4-9-23-10-12-27-13-11-23/h5-6,14,22H,2-4,7-13,15H2,1H3,(H,21,24). The first-order valence-electron chi connectivity index (χ1n) is 9.91. The first-order chi connectivity index (χ1) is 13.9. The highest BCUT2D eigenvalue weighted by Gasteiger charge is 2.16. The molecule has 1 heterocycles. The predicted molar refractivity (Wildman–Crippen MR) is 112 cm³/mol. The zero-order valence-corrected chi connectivity index (χ0v) is 18.4. The highest BCUT2D eigenvalue weighted by Crippen LogP contribution is 2.27. The van der Waals surface area contributed by atoms with E-state index in [1.807, 2.05) is 6.92 Å². The Morgan fingerprint density at radius 1 is 1.24 bits per heavy atom. The largest absolute Gasteiger partial charge is 0.482 e. The average Bonchev–Trinajstić information content (AvgIpc) is 2.71. The summed E-state index contributed by atoms with van der Waals surface area (Å²) in [6, 6.07) is 4.20. The molecule has 0 unspecified atom stereocenters. The van der Waals surface area contributed by atoms with Crippen molar-refractivity contribution in [3.63, 3.8) is 0 Å². The number of nitrogens with zero attached hydrogens (tertiary/aromatic N) is 1. The SMILES string of the molecule is CCCCNS(=O)(=O)c1ccc(OCC(=O)NCCCN2CCOCC2)c(Cl)c1. The van der Waals surface area contributed by atoms with Crippen LogP contribution in [0.2, 0.25) is 5.02 Å². The van der Waals surface area contributed by atoms with Gasteiger partial charge < -0.3 is 14.8 Å². The van der Waals surface area contributed by atoms with Crippen LogP contribution in [-0.2, 0) is 19.6 Å². The third kappa shape index (κ3) is 8.47. The Morgan fingerprint density at radius 2 is 2.00 bits per heavy atom. The fourth-order valence-electron chi connectivity index (χ4n) is 2.78. The van der Waals surface area contributed by atoms with Gasteiger partial charge in [0.05, 0.1) is 23.1 Å². The second kappa shape index (κ2) is 12.3. The summed E-state index contributed by atoms with van der Waals surface area (Å²) < 4.78 is 37.7. The van der Waals surface area contributed by atoms with E-state index in [4.69, 9.17) is 21.1 Å². The number of carbonyl (C=O) groups excluding carboxylic acids is 1. The molecule has 1 aromatic carbocycles. The molecule has 0 bridgehead atoms. The Hall–Kier alpha value is -1.39. The Labute approximate surface area is 177 Å². The summed E-state index contributed by atoms with van der Waals surface area (Å²) in [6.45, 7) is 7.03. The molecule has 0 aromatic heterocycles. The van der Waals surface area contributed by atoms with Gasteiger partial charge in [0.1, 0.15) is 5.75 Å². The molecule has 1 aromatic rings. The second-order valence-electron chi connectivity index (χ2n) is 6.79. The van der Waals surface area contributed by atoms with E-state index in [9.17, 15) is 13.2 Å². The molecule has 1 amide bonds. The van der Waals surface area contributed by atoms with Crippen molar-refractivity contribution in [3.05, 3.63) is 23.2 Å². The summed E-state index contributed by atoms with van der Waals surface area (Å²) in [5.74, 6) is 0.0172. The molecule has 0 atom stereocenters. The van der Waals surface area contributed by atoms with Crippen molar-refractivity contribution in [2.45, 2.75) is 31.1 Å². The minimum atomic E-state index is -3.61. The number of benzene rings is 1. The maximum absolute atomic E-state index is 12.2. The van der Waals surface area contributed by atoms with Gasteiger partial charge in [0.25, 0.3) is 5.91 Å². The highest BCUT2D eigenvalue weighted by molar-refractivity contribution is 7.89. The van der Waals surface area contributed by atoms with Crippen LogP contribution in [0.15, 0.2) is 23.1 Å². The molecule has 164 valence electrons. The van der Waals surface area contributed by atoms with Crippen LogP contribution in [0.25, 0.3) is 0 Å². The first kappa shape index (κ1) is 23.9. The van der Waals surface area contributed by atoms with Crippen molar-refractivity contribution in [1.82, 2.24) is 14.9 Å². The molecular weight excluding hydrogens is 418 g/mol. The third-order valence-corrected chi connectivity index (χ3v) is 6.23. The van der Waals surface area contributed by atoms with Gasteiger partial charge in [-0.05, 0) is 37.6 Å². The van der Waals surface area contributed by atoms with Crippen molar-refractivity contribution < 1.29 is 22.7 Å². The van der Waals surface area contributed by atoms with E-state index in [1.165, 1.54) is 18.2 Å². The van der Waals surface area contributed by atoms with Gasteiger partial charge in [0.15, 0.2) is 6.61 Å². The molecular formula is C19H30ClN3O5S. The molecule has 0 spiro atoms. The number of hydrogen-bond donors (Lipinski definition) is 2. The fourth-order valence-corrected chi connectivity index (χ4v) is 4.18. The van der Waals surface area contributed by atoms with Crippen LogP contribution in [0.4, 0.5) is 0 Å². The number of ether oxygens (including phenoxy) is 2. The highest BCUT2D eigenvalue weighted by atomic mass is 35.5. The molecule has 10 heteroatoms. The Balaban J connectivity index is 1.73. The molecule has 29 heavy (non-hydrogen) atoms. The normalized spacial score (nSPS) is 15.2. The van der Waals surface area contributed by atoms with Crippen LogP contribution < -0.4 is 14.8 Å². The molecule has 2 N–H and O–H groups in total. The summed E-state index contributed by atoms with van der Waals surface area (Å²) in [6.07, 6.45) is 2.51. The Bertz CT molecular complexity index is 754. The summed E-state index contributed by atoms with van der Waals surface area (Å²) in [7, 11) is -3.61. The summed E-state index contributed by atoms with van der Waals surface area (Å²) >= 11 is 6.13. The number of halogens is 1. The topological polar surface area (TPSA) is 97.0 Å². The molecule has 1 fully saturated rings. The van der Waals surface area contributed by atoms with E-state index in [1.54, 1.807) is 0 Å².